The topological polar surface area (TPSA) is 90.8 Å². The average Bonchev–Trinajstić information content (AvgIpc) is 2.69. The minimum atomic E-state index is -0.474. The number of nitrogens with zero attached hydrogens (tertiary/aromatic N) is 4. The van der Waals surface area contributed by atoms with E-state index < -0.39 is 5.56 Å². The van der Waals surface area contributed by atoms with Crippen LogP contribution < -0.4 is 5.56 Å². The molecule has 0 amide bonds. The highest BCUT2D eigenvalue weighted by atomic mass is 16.5. The highest BCUT2D eigenvalue weighted by molar-refractivity contribution is 5.87. The summed E-state index contributed by atoms with van der Waals surface area (Å²) in [5.74, 6) is -0.163. The van der Waals surface area contributed by atoms with Crippen molar-refractivity contribution in [3.63, 3.8) is 0 Å². The first-order chi connectivity index (χ1) is 13.1. The maximum atomic E-state index is 12.6. The van der Waals surface area contributed by atoms with Gasteiger partial charge in [-0.15, -0.1) is 0 Å². The molecule has 7 nitrogen and oxygen atoms in total. The van der Waals surface area contributed by atoms with Crippen molar-refractivity contribution >= 4 is 11.9 Å². The second kappa shape index (κ2) is 8.62. The van der Waals surface area contributed by atoms with Crippen molar-refractivity contribution in [2.75, 3.05) is 32.8 Å². The van der Waals surface area contributed by atoms with E-state index in [1.807, 2.05) is 36.4 Å². The molecule has 7 heteroatoms. The van der Waals surface area contributed by atoms with Gasteiger partial charge in [-0.2, -0.15) is 5.26 Å². The first-order valence-electron chi connectivity index (χ1n) is 8.87. The van der Waals surface area contributed by atoms with Crippen LogP contribution in [0, 0.1) is 18.3 Å². The standard InChI is InChI=1S/C20H22N4O3/c1-15-17(13-21)19(25)24(8-7-23-9-11-27-12-10-23)20(26)18(15)14-22-16-5-3-2-4-6-16/h2-6,14,26H,7-12H2,1H3. The van der Waals surface area contributed by atoms with E-state index in [1.165, 1.54) is 10.8 Å². The molecule has 1 fully saturated rings. The number of aromatic hydroxyl groups is 1. The molecule has 0 atom stereocenters. The van der Waals surface area contributed by atoms with Crippen molar-refractivity contribution in [1.29, 1.82) is 5.26 Å². The molecule has 2 aromatic rings. The lowest BCUT2D eigenvalue weighted by atomic mass is 10.1. The fraction of sp³-hybridized carbons (Fsp3) is 0.350. The Kier molecular flexibility index (Phi) is 6.01. The molecule has 140 valence electrons. The van der Waals surface area contributed by atoms with Gasteiger partial charge in [0.25, 0.3) is 5.56 Å². The first-order valence-corrected chi connectivity index (χ1v) is 8.87. The Morgan fingerprint density at radius 2 is 1.96 bits per heavy atom. The number of benzene rings is 1. The summed E-state index contributed by atoms with van der Waals surface area (Å²) in [6, 6.07) is 11.3. The number of rotatable bonds is 5. The lowest BCUT2D eigenvalue weighted by molar-refractivity contribution is 0.0360. The maximum Gasteiger partial charge on any atom is 0.271 e. The molecular weight excluding hydrogens is 344 g/mol. The van der Waals surface area contributed by atoms with Crippen molar-refractivity contribution < 1.29 is 9.84 Å². The summed E-state index contributed by atoms with van der Waals surface area (Å²) in [7, 11) is 0. The molecule has 2 heterocycles. The number of hydrogen-bond donors (Lipinski definition) is 1. The summed E-state index contributed by atoms with van der Waals surface area (Å²) >= 11 is 0. The third kappa shape index (κ3) is 4.25. The number of morpholine rings is 1. The molecule has 1 saturated heterocycles. The SMILES string of the molecule is Cc1c(C=Nc2ccccc2)c(O)n(CCN2CCOCC2)c(=O)c1C#N. The van der Waals surface area contributed by atoms with Crippen LogP contribution in [0.3, 0.4) is 0 Å². The molecule has 0 bridgehead atoms. The Morgan fingerprint density at radius 1 is 1.26 bits per heavy atom. The van der Waals surface area contributed by atoms with Crippen molar-refractivity contribution in [3.8, 4) is 11.9 Å². The summed E-state index contributed by atoms with van der Waals surface area (Å²) in [6.45, 7) is 5.44. The lowest BCUT2D eigenvalue weighted by Crippen LogP contribution is -2.39. The third-order valence-electron chi connectivity index (χ3n) is 4.69. The average molecular weight is 366 g/mol. The van der Waals surface area contributed by atoms with Gasteiger partial charge in [0.05, 0.1) is 24.5 Å². The molecule has 0 radical (unpaired) electrons. The highest BCUT2D eigenvalue weighted by Gasteiger charge is 2.19. The molecule has 3 rings (SSSR count). The zero-order valence-corrected chi connectivity index (χ0v) is 15.3. The van der Waals surface area contributed by atoms with Crippen molar-refractivity contribution in [2.24, 2.45) is 4.99 Å². The third-order valence-corrected chi connectivity index (χ3v) is 4.69. The predicted octanol–water partition coefficient (Wildman–Crippen LogP) is 1.82. The summed E-state index contributed by atoms with van der Waals surface area (Å²) in [5, 5.41) is 20.1. The number of nitriles is 1. The van der Waals surface area contributed by atoms with E-state index in [0.717, 1.165) is 18.8 Å². The number of para-hydroxylation sites is 1. The Morgan fingerprint density at radius 3 is 2.63 bits per heavy atom. The molecule has 0 aliphatic carbocycles. The molecular formula is C20H22N4O3. The highest BCUT2D eigenvalue weighted by Crippen LogP contribution is 2.21. The largest absolute Gasteiger partial charge is 0.494 e. The molecule has 0 spiro atoms. The molecule has 1 N–H and O–H groups in total. The lowest BCUT2D eigenvalue weighted by Gasteiger charge is -2.27. The van der Waals surface area contributed by atoms with E-state index in [9.17, 15) is 15.2 Å². The van der Waals surface area contributed by atoms with Gasteiger partial charge in [0.2, 0.25) is 5.88 Å². The van der Waals surface area contributed by atoms with E-state index in [2.05, 4.69) is 9.89 Å². The summed E-state index contributed by atoms with van der Waals surface area (Å²) in [6.07, 6.45) is 1.51. The van der Waals surface area contributed by atoms with Crippen LogP contribution in [0.4, 0.5) is 5.69 Å². The number of ether oxygens (including phenoxy) is 1. The van der Waals surface area contributed by atoms with Crippen LogP contribution in [0.5, 0.6) is 5.88 Å². The number of pyridine rings is 1. The van der Waals surface area contributed by atoms with E-state index in [-0.39, 0.29) is 11.4 Å². The van der Waals surface area contributed by atoms with Gasteiger partial charge in [-0.05, 0) is 24.6 Å². The molecule has 1 aliphatic heterocycles. The Labute approximate surface area is 157 Å². The zero-order valence-electron chi connectivity index (χ0n) is 15.3. The molecule has 1 aromatic carbocycles. The summed E-state index contributed by atoms with van der Waals surface area (Å²) in [4.78, 5) is 19.2. The summed E-state index contributed by atoms with van der Waals surface area (Å²) in [5.41, 5.74) is 1.10. The smallest absolute Gasteiger partial charge is 0.271 e. The minimum absolute atomic E-state index is 0.0317. The molecule has 0 unspecified atom stereocenters. The van der Waals surface area contributed by atoms with Crippen LogP contribution in [-0.2, 0) is 11.3 Å². The van der Waals surface area contributed by atoms with Crippen molar-refractivity contribution in [3.05, 3.63) is 57.4 Å². The van der Waals surface area contributed by atoms with Crippen LogP contribution in [0.15, 0.2) is 40.1 Å². The Hall–Kier alpha value is -2.95. The summed E-state index contributed by atoms with van der Waals surface area (Å²) < 4.78 is 6.58. The fourth-order valence-electron chi connectivity index (χ4n) is 3.05. The fourth-order valence-corrected chi connectivity index (χ4v) is 3.05. The van der Waals surface area contributed by atoms with Crippen molar-refractivity contribution in [1.82, 2.24) is 9.47 Å². The molecule has 1 aliphatic rings. The zero-order chi connectivity index (χ0) is 19.2. The van der Waals surface area contributed by atoms with E-state index in [0.29, 0.717) is 37.4 Å². The number of aromatic nitrogens is 1. The van der Waals surface area contributed by atoms with Gasteiger partial charge in [-0.1, -0.05) is 18.2 Å². The number of hydrogen-bond acceptors (Lipinski definition) is 6. The van der Waals surface area contributed by atoms with Gasteiger partial charge >= 0.3 is 0 Å². The van der Waals surface area contributed by atoms with Crippen molar-refractivity contribution in [2.45, 2.75) is 13.5 Å². The van der Waals surface area contributed by atoms with Crippen LogP contribution in [0.25, 0.3) is 0 Å². The maximum absolute atomic E-state index is 12.6. The van der Waals surface area contributed by atoms with Gasteiger partial charge in [0.15, 0.2) is 0 Å². The van der Waals surface area contributed by atoms with E-state index in [1.54, 1.807) is 6.92 Å². The second-order valence-corrected chi connectivity index (χ2v) is 6.35. The van der Waals surface area contributed by atoms with E-state index in [4.69, 9.17) is 4.74 Å². The van der Waals surface area contributed by atoms with Gasteiger partial charge < -0.3 is 9.84 Å². The van der Waals surface area contributed by atoms with Crippen LogP contribution in [-0.4, -0.2) is 53.6 Å². The van der Waals surface area contributed by atoms with Crippen LogP contribution in [0.1, 0.15) is 16.7 Å². The van der Waals surface area contributed by atoms with Gasteiger partial charge in [0, 0.05) is 32.4 Å². The minimum Gasteiger partial charge on any atom is -0.494 e. The van der Waals surface area contributed by atoms with Gasteiger partial charge in [-0.3, -0.25) is 19.3 Å². The first kappa shape index (κ1) is 18.8. The monoisotopic (exact) mass is 366 g/mol. The number of aliphatic imine (C=N–C) groups is 1. The van der Waals surface area contributed by atoms with Gasteiger partial charge in [0.1, 0.15) is 11.6 Å². The normalized spacial score (nSPS) is 15.1. The van der Waals surface area contributed by atoms with E-state index >= 15 is 0 Å². The molecule has 27 heavy (non-hydrogen) atoms. The van der Waals surface area contributed by atoms with Crippen LogP contribution >= 0.6 is 0 Å². The quantitative estimate of drug-likeness (QED) is 0.815. The predicted molar refractivity (Wildman–Crippen MR) is 103 cm³/mol. The Balaban J connectivity index is 1.94. The molecule has 0 saturated carbocycles. The van der Waals surface area contributed by atoms with Gasteiger partial charge in [-0.25, -0.2) is 0 Å². The second-order valence-electron chi connectivity index (χ2n) is 6.35. The van der Waals surface area contributed by atoms with Crippen LogP contribution in [0.2, 0.25) is 0 Å². The molecule has 1 aromatic heterocycles. The Bertz CT molecular complexity index is 923.